The van der Waals surface area contributed by atoms with E-state index in [4.69, 9.17) is 9.47 Å². The smallest absolute Gasteiger partial charge is 0.435 e. The topological polar surface area (TPSA) is 65.4 Å². The summed E-state index contributed by atoms with van der Waals surface area (Å²) in [6.07, 6.45) is -3.42. The van der Waals surface area contributed by atoms with Crippen LogP contribution in [-0.2, 0) is 24.1 Å². The number of carbonyl (C=O) groups is 1. The molecule has 2 rings (SSSR count). The zero-order valence-corrected chi connectivity index (χ0v) is 13.1. The summed E-state index contributed by atoms with van der Waals surface area (Å²) in [6, 6.07) is 5.97. The summed E-state index contributed by atoms with van der Waals surface area (Å²) in [4.78, 5) is 11.8. The van der Waals surface area contributed by atoms with Gasteiger partial charge < -0.3 is 14.8 Å². The summed E-state index contributed by atoms with van der Waals surface area (Å²) in [5, 5.41) is 5.93. The molecule has 2 aromatic rings. The quantitative estimate of drug-likeness (QED) is 0.874. The first-order chi connectivity index (χ1) is 11.3. The Hall–Kier alpha value is -2.71. The summed E-state index contributed by atoms with van der Waals surface area (Å²) in [7, 11) is 3.01. The van der Waals surface area contributed by atoms with Crippen molar-refractivity contribution in [2.45, 2.75) is 19.3 Å². The van der Waals surface area contributed by atoms with Crippen molar-refractivity contribution >= 4 is 5.91 Å². The third-order valence-electron chi connectivity index (χ3n) is 3.17. The summed E-state index contributed by atoms with van der Waals surface area (Å²) in [5.41, 5.74) is -0.271. The number of alkyl halides is 3. The van der Waals surface area contributed by atoms with Gasteiger partial charge >= 0.3 is 6.18 Å². The van der Waals surface area contributed by atoms with Crippen LogP contribution in [0.25, 0.3) is 0 Å². The zero-order chi connectivity index (χ0) is 17.7. The average Bonchev–Trinajstić information content (AvgIpc) is 3.01. The Labute approximate surface area is 136 Å². The van der Waals surface area contributed by atoms with Crippen LogP contribution in [-0.4, -0.2) is 29.9 Å². The molecule has 1 amide bonds. The van der Waals surface area contributed by atoms with Crippen molar-refractivity contribution < 1.29 is 27.4 Å². The molecule has 0 aliphatic carbocycles. The lowest BCUT2D eigenvalue weighted by atomic mass is 10.2. The maximum absolute atomic E-state index is 12.4. The molecule has 1 N–H and O–H groups in total. The van der Waals surface area contributed by atoms with Gasteiger partial charge in [0.2, 0.25) is 5.91 Å². The minimum Gasteiger partial charge on any atom is -0.493 e. The zero-order valence-electron chi connectivity index (χ0n) is 13.1. The van der Waals surface area contributed by atoms with E-state index in [1.165, 1.54) is 14.2 Å². The van der Waals surface area contributed by atoms with Crippen molar-refractivity contribution in [3.05, 3.63) is 41.7 Å². The summed E-state index contributed by atoms with van der Waals surface area (Å²) >= 11 is 0. The number of nitrogens with one attached hydrogen (secondary N) is 1. The first-order valence-corrected chi connectivity index (χ1v) is 6.91. The van der Waals surface area contributed by atoms with E-state index in [-0.39, 0.29) is 13.1 Å². The van der Waals surface area contributed by atoms with Crippen molar-refractivity contribution in [1.29, 1.82) is 0 Å². The highest BCUT2D eigenvalue weighted by Gasteiger charge is 2.33. The van der Waals surface area contributed by atoms with E-state index in [0.717, 1.165) is 22.5 Å². The molecule has 0 unspecified atom stereocenters. The van der Waals surface area contributed by atoms with Gasteiger partial charge in [-0.1, -0.05) is 6.07 Å². The second-order valence-corrected chi connectivity index (χ2v) is 4.86. The molecule has 1 heterocycles. The number of methoxy groups -OCH3 is 2. The normalized spacial score (nSPS) is 11.2. The van der Waals surface area contributed by atoms with E-state index in [1.807, 2.05) is 0 Å². The van der Waals surface area contributed by atoms with Crippen LogP contribution in [0.3, 0.4) is 0 Å². The molecule has 0 aliphatic rings. The van der Waals surface area contributed by atoms with Gasteiger partial charge in [-0.2, -0.15) is 18.3 Å². The number of nitrogens with zero attached hydrogens (tertiary/aromatic N) is 2. The molecule has 1 aromatic carbocycles. The van der Waals surface area contributed by atoms with Crippen LogP contribution in [0.4, 0.5) is 13.2 Å². The molecule has 0 saturated heterocycles. The molecule has 1 aromatic heterocycles. The van der Waals surface area contributed by atoms with Gasteiger partial charge in [-0.3, -0.25) is 9.48 Å². The first kappa shape index (κ1) is 17.6. The van der Waals surface area contributed by atoms with Crippen LogP contribution in [0.15, 0.2) is 30.5 Å². The van der Waals surface area contributed by atoms with Crippen molar-refractivity contribution in [2.75, 3.05) is 14.2 Å². The summed E-state index contributed by atoms with van der Waals surface area (Å²) < 4.78 is 48.5. The highest BCUT2D eigenvalue weighted by Crippen LogP contribution is 2.28. The molecule has 0 saturated carbocycles. The van der Waals surface area contributed by atoms with Crippen molar-refractivity contribution in [3.63, 3.8) is 0 Å². The minimum atomic E-state index is -4.53. The number of hydrogen-bond donors (Lipinski definition) is 1. The molecular formula is C15H16F3N3O3. The number of amides is 1. The van der Waals surface area contributed by atoms with Crippen molar-refractivity contribution in [1.82, 2.24) is 15.1 Å². The van der Waals surface area contributed by atoms with Crippen molar-refractivity contribution in [2.24, 2.45) is 0 Å². The van der Waals surface area contributed by atoms with E-state index in [0.29, 0.717) is 11.5 Å². The maximum atomic E-state index is 12.4. The van der Waals surface area contributed by atoms with Gasteiger partial charge in [-0.05, 0) is 23.8 Å². The van der Waals surface area contributed by atoms with Crippen LogP contribution in [0.2, 0.25) is 0 Å². The highest BCUT2D eigenvalue weighted by atomic mass is 19.4. The van der Waals surface area contributed by atoms with Gasteiger partial charge in [-0.15, -0.1) is 0 Å². The number of halogens is 3. The van der Waals surface area contributed by atoms with E-state index in [1.54, 1.807) is 18.2 Å². The van der Waals surface area contributed by atoms with Gasteiger partial charge in [-0.25, -0.2) is 0 Å². The maximum Gasteiger partial charge on any atom is 0.435 e. The number of rotatable bonds is 6. The SMILES string of the molecule is COc1ccc(CNC(=O)Cn2ccc(C(F)(F)F)n2)cc1OC. The lowest BCUT2D eigenvalue weighted by molar-refractivity contribution is -0.141. The minimum absolute atomic E-state index is 0.201. The predicted molar refractivity (Wildman–Crippen MR) is 78.6 cm³/mol. The third kappa shape index (κ3) is 4.40. The van der Waals surface area contributed by atoms with E-state index >= 15 is 0 Å². The summed E-state index contributed by atoms with van der Waals surface area (Å²) in [5.74, 6) is 0.622. The Kier molecular flexibility index (Phi) is 5.32. The highest BCUT2D eigenvalue weighted by molar-refractivity contribution is 5.75. The Morgan fingerprint density at radius 1 is 1.21 bits per heavy atom. The van der Waals surface area contributed by atoms with Crippen LogP contribution >= 0.6 is 0 Å². The Morgan fingerprint density at radius 2 is 1.92 bits per heavy atom. The standard InChI is InChI=1S/C15H16F3N3O3/c1-23-11-4-3-10(7-12(11)24-2)8-19-14(22)9-21-6-5-13(20-21)15(16,17)18/h3-7H,8-9H2,1-2H3,(H,19,22). The van der Waals surface area contributed by atoms with Crippen LogP contribution in [0.1, 0.15) is 11.3 Å². The lowest BCUT2D eigenvalue weighted by Gasteiger charge is -2.10. The van der Waals surface area contributed by atoms with E-state index in [9.17, 15) is 18.0 Å². The number of ether oxygens (including phenoxy) is 2. The number of aromatic nitrogens is 2. The third-order valence-corrected chi connectivity index (χ3v) is 3.17. The number of hydrogen-bond acceptors (Lipinski definition) is 4. The molecule has 130 valence electrons. The Morgan fingerprint density at radius 3 is 2.50 bits per heavy atom. The molecule has 0 bridgehead atoms. The Balaban J connectivity index is 1.92. The van der Waals surface area contributed by atoms with Gasteiger partial charge in [0.1, 0.15) is 6.54 Å². The second-order valence-electron chi connectivity index (χ2n) is 4.86. The monoisotopic (exact) mass is 343 g/mol. The van der Waals surface area contributed by atoms with Crippen LogP contribution < -0.4 is 14.8 Å². The predicted octanol–water partition coefficient (Wildman–Crippen LogP) is 2.24. The first-order valence-electron chi connectivity index (χ1n) is 6.91. The van der Waals surface area contributed by atoms with E-state index in [2.05, 4.69) is 10.4 Å². The fraction of sp³-hybridized carbons (Fsp3) is 0.333. The molecule has 0 aliphatic heterocycles. The molecule has 6 nitrogen and oxygen atoms in total. The summed E-state index contributed by atoms with van der Waals surface area (Å²) in [6.45, 7) is -0.101. The fourth-order valence-electron chi connectivity index (χ4n) is 2.00. The van der Waals surface area contributed by atoms with Gasteiger partial charge in [0.25, 0.3) is 0 Å². The second kappa shape index (κ2) is 7.24. The molecule has 9 heteroatoms. The van der Waals surface area contributed by atoms with Crippen molar-refractivity contribution in [3.8, 4) is 11.5 Å². The Bertz CT molecular complexity index is 713. The van der Waals surface area contributed by atoms with Gasteiger partial charge in [0, 0.05) is 12.7 Å². The molecule has 0 radical (unpaired) electrons. The van der Waals surface area contributed by atoms with Crippen LogP contribution in [0, 0.1) is 0 Å². The van der Waals surface area contributed by atoms with Gasteiger partial charge in [0.05, 0.1) is 14.2 Å². The van der Waals surface area contributed by atoms with Gasteiger partial charge in [0.15, 0.2) is 17.2 Å². The molecular weight excluding hydrogens is 327 g/mol. The molecule has 0 atom stereocenters. The van der Waals surface area contributed by atoms with Crippen LogP contribution in [0.5, 0.6) is 11.5 Å². The largest absolute Gasteiger partial charge is 0.493 e. The average molecular weight is 343 g/mol. The molecule has 24 heavy (non-hydrogen) atoms. The fourth-order valence-corrected chi connectivity index (χ4v) is 2.00. The molecule has 0 spiro atoms. The number of carbonyl (C=O) groups excluding carboxylic acids is 1. The number of benzene rings is 1. The lowest BCUT2D eigenvalue weighted by Crippen LogP contribution is -2.27. The van der Waals surface area contributed by atoms with E-state index < -0.39 is 17.8 Å². The molecule has 0 fully saturated rings.